The van der Waals surface area contributed by atoms with Crippen molar-refractivity contribution >= 4 is 0 Å². The van der Waals surface area contributed by atoms with Crippen molar-refractivity contribution in [1.29, 1.82) is 0 Å². The molecule has 0 aliphatic carbocycles. The van der Waals surface area contributed by atoms with Crippen LogP contribution in [0.25, 0.3) is 0 Å². The van der Waals surface area contributed by atoms with Gasteiger partial charge in [0, 0.05) is 44.1 Å². The summed E-state index contributed by atoms with van der Waals surface area (Å²) in [5.41, 5.74) is 3.34. The third kappa shape index (κ3) is 2.76. The van der Waals surface area contributed by atoms with Gasteiger partial charge in [-0.2, -0.15) is 10.2 Å². The summed E-state index contributed by atoms with van der Waals surface area (Å²) in [6.07, 6.45) is 6.98. The summed E-state index contributed by atoms with van der Waals surface area (Å²) in [5, 5.41) is 20.6. The Kier molecular flexibility index (Phi) is 3.84. The zero-order chi connectivity index (χ0) is 13.9. The van der Waals surface area contributed by atoms with Crippen molar-refractivity contribution in [3.8, 4) is 0 Å². The molecule has 1 aliphatic heterocycles. The number of likely N-dealkylation sites (tertiary alicyclic amines) is 1. The maximum atomic E-state index is 8.98. The summed E-state index contributed by atoms with van der Waals surface area (Å²) < 4.78 is 1.84. The van der Waals surface area contributed by atoms with E-state index in [0.29, 0.717) is 12.5 Å². The van der Waals surface area contributed by atoms with E-state index in [-0.39, 0.29) is 6.61 Å². The molecule has 1 fully saturated rings. The van der Waals surface area contributed by atoms with E-state index in [4.69, 9.17) is 5.11 Å². The zero-order valence-corrected chi connectivity index (χ0v) is 11.8. The van der Waals surface area contributed by atoms with Crippen LogP contribution in [0.5, 0.6) is 0 Å². The summed E-state index contributed by atoms with van der Waals surface area (Å²) in [7, 11) is 1.94. The van der Waals surface area contributed by atoms with E-state index >= 15 is 0 Å². The van der Waals surface area contributed by atoms with E-state index in [1.807, 2.05) is 17.9 Å². The van der Waals surface area contributed by atoms with Gasteiger partial charge < -0.3 is 5.11 Å². The molecule has 0 unspecified atom stereocenters. The lowest BCUT2D eigenvalue weighted by atomic mass is 10.1. The Morgan fingerprint density at radius 2 is 2.40 bits per heavy atom. The summed E-state index contributed by atoms with van der Waals surface area (Å²) in [5.74, 6) is 0. The second-order valence-electron chi connectivity index (χ2n) is 5.44. The van der Waals surface area contributed by atoms with Crippen LogP contribution >= 0.6 is 0 Å². The van der Waals surface area contributed by atoms with Crippen molar-refractivity contribution in [1.82, 2.24) is 24.9 Å². The van der Waals surface area contributed by atoms with Gasteiger partial charge in [0.2, 0.25) is 0 Å². The minimum atomic E-state index is 0.158. The maximum Gasteiger partial charge on any atom is 0.0796 e. The number of aromatic amines is 1. The van der Waals surface area contributed by atoms with Gasteiger partial charge >= 0.3 is 0 Å². The number of nitrogens with zero attached hydrogens (tertiary/aromatic N) is 4. The van der Waals surface area contributed by atoms with Crippen LogP contribution in [-0.4, -0.2) is 43.1 Å². The van der Waals surface area contributed by atoms with Crippen LogP contribution in [0.15, 0.2) is 18.5 Å². The first-order valence-corrected chi connectivity index (χ1v) is 7.13. The largest absolute Gasteiger partial charge is 0.396 e. The van der Waals surface area contributed by atoms with E-state index in [1.54, 1.807) is 0 Å². The van der Waals surface area contributed by atoms with Crippen LogP contribution in [0.1, 0.15) is 35.8 Å². The van der Waals surface area contributed by atoms with Gasteiger partial charge in [0.1, 0.15) is 0 Å². The van der Waals surface area contributed by atoms with Crippen LogP contribution < -0.4 is 0 Å². The molecule has 20 heavy (non-hydrogen) atoms. The third-order valence-corrected chi connectivity index (χ3v) is 3.88. The van der Waals surface area contributed by atoms with Crippen LogP contribution in [0, 0.1) is 0 Å². The molecule has 6 nitrogen and oxygen atoms in total. The molecule has 108 valence electrons. The lowest BCUT2D eigenvalue weighted by Crippen LogP contribution is -2.22. The zero-order valence-electron chi connectivity index (χ0n) is 11.8. The van der Waals surface area contributed by atoms with Crippen molar-refractivity contribution in [3.05, 3.63) is 35.4 Å². The Morgan fingerprint density at radius 1 is 1.50 bits per heavy atom. The van der Waals surface area contributed by atoms with E-state index in [1.165, 1.54) is 12.0 Å². The van der Waals surface area contributed by atoms with Crippen LogP contribution in [0.2, 0.25) is 0 Å². The Balaban J connectivity index is 1.71. The number of aromatic nitrogens is 4. The SMILES string of the molecule is Cn1cc(CN2CCC[C@H]2c2cc(CCO)[nH]n2)cn1. The highest BCUT2D eigenvalue weighted by molar-refractivity contribution is 5.15. The maximum absolute atomic E-state index is 8.98. The second kappa shape index (κ2) is 5.76. The lowest BCUT2D eigenvalue weighted by Gasteiger charge is -2.22. The van der Waals surface area contributed by atoms with Crippen molar-refractivity contribution in [3.63, 3.8) is 0 Å². The van der Waals surface area contributed by atoms with Gasteiger partial charge in [-0.05, 0) is 25.5 Å². The standard InChI is InChI=1S/C14H21N5O/c1-18-9-11(8-15-18)10-19-5-2-3-14(19)13-7-12(4-6-20)16-17-13/h7-9,14,20H,2-6,10H2,1H3,(H,16,17)/t14-/m0/s1. The van der Waals surface area contributed by atoms with E-state index in [0.717, 1.165) is 30.9 Å². The Morgan fingerprint density at radius 3 is 3.15 bits per heavy atom. The number of hydrogen-bond donors (Lipinski definition) is 2. The average molecular weight is 275 g/mol. The minimum Gasteiger partial charge on any atom is -0.396 e. The second-order valence-corrected chi connectivity index (χ2v) is 5.44. The monoisotopic (exact) mass is 275 g/mol. The molecule has 1 aliphatic rings. The van der Waals surface area contributed by atoms with Gasteiger partial charge in [0.05, 0.1) is 17.9 Å². The molecule has 2 aromatic rings. The topological polar surface area (TPSA) is 70.0 Å². The third-order valence-electron chi connectivity index (χ3n) is 3.88. The predicted octanol–water partition coefficient (Wildman–Crippen LogP) is 1.02. The van der Waals surface area contributed by atoms with Crippen molar-refractivity contribution in [2.24, 2.45) is 7.05 Å². The lowest BCUT2D eigenvalue weighted by molar-refractivity contribution is 0.244. The van der Waals surface area contributed by atoms with Crippen molar-refractivity contribution in [2.75, 3.05) is 13.2 Å². The Labute approximate surface area is 118 Å². The summed E-state index contributed by atoms with van der Waals surface area (Å²) in [6, 6.07) is 2.46. The number of aliphatic hydroxyl groups excluding tert-OH is 1. The molecule has 0 amide bonds. The fourth-order valence-electron chi connectivity index (χ4n) is 2.94. The fraction of sp³-hybridized carbons (Fsp3) is 0.571. The summed E-state index contributed by atoms with van der Waals surface area (Å²) >= 11 is 0. The molecule has 2 N–H and O–H groups in total. The first-order chi connectivity index (χ1) is 9.76. The van der Waals surface area contributed by atoms with Gasteiger partial charge in [-0.1, -0.05) is 0 Å². The predicted molar refractivity (Wildman–Crippen MR) is 75.0 cm³/mol. The molecule has 3 rings (SSSR count). The molecule has 0 spiro atoms. The quantitative estimate of drug-likeness (QED) is 0.854. The molecule has 2 aromatic heterocycles. The number of rotatable bonds is 5. The summed E-state index contributed by atoms with van der Waals surface area (Å²) in [6.45, 7) is 2.17. The van der Waals surface area contributed by atoms with Crippen molar-refractivity contribution in [2.45, 2.75) is 31.8 Å². The molecule has 0 radical (unpaired) electrons. The first-order valence-electron chi connectivity index (χ1n) is 7.13. The molecule has 6 heteroatoms. The number of H-pyrrole nitrogens is 1. The molecule has 1 saturated heterocycles. The average Bonchev–Trinajstić information content (AvgIpc) is 3.12. The van der Waals surface area contributed by atoms with Gasteiger partial charge in [0.15, 0.2) is 0 Å². The Bertz CT molecular complexity index is 561. The molecular formula is C14H21N5O. The molecule has 0 aromatic carbocycles. The van der Waals surface area contributed by atoms with Gasteiger partial charge in [-0.3, -0.25) is 14.7 Å². The number of aryl methyl sites for hydroxylation is 1. The van der Waals surface area contributed by atoms with Gasteiger partial charge in [0.25, 0.3) is 0 Å². The number of nitrogens with one attached hydrogen (secondary N) is 1. The van der Waals surface area contributed by atoms with Crippen LogP contribution in [0.4, 0.5) is 0 Å². The van der Waals surface area contributed by atoms with Crippen molar-refractivity contribution < 1.29 is 5.11 Å². The number of aliphatic hydroxyl groups is 1. The highest BCUT2D eigenvalue weighted by atomic mass is 16.3. The van der Waals surface area contributed by atoms with Gasteiger partial charge in [-0.25, -0.2) is 0 Å². The molecule has 3 heterocycles. The van der Waals surface area contributed by atoms with E-state index < -0.39 is 0 Å². The Hall–Kier alpha value is -1.66. The minimum absolute atomic E-state index is 0.158. The fourth-order valence-corrected chi connectivity index (χ4v) is 2.94. The highest BCUT2D eigenvalue weighted by Crippen LogP contribution is 2.32. The number of hydrogen-bond acceptors (Lipinski definition) is 4. The molecule has 1 atom stereocenters. The molecular weight excluding hydrogens is 254 g/mol. The summed E-state index contributed by atoms with van der Waals surface area (Å²) in [4.78, 5) is 2.45. The molecule has 0 saturated carbocycles. The first kappa shape index (κ1) is 13.3. The highest BCUT2D eigenvalue weighted by Gasteiger charge is 2.28. The normalized spacial score (nSPS) is 19.8. The van der Waals surface area contributed by atoms with Gasteiger partial charge in [-0.15, -0.1) is 0 Å². The van der Waals surface area contributed by atoms with E-state index in [9.17, 15) is 0 Å². The van der Waals surface area contributed by atoms with Crippen LogP contribution in [-0.2, 0) is 20.0 Å². The molecule has 0 bridgehead atoms. The smallest absolute Gasteiger partial charge is 0.0796 e. The van der Waals surface area contributed by atoms with Crippen LogP contribution in [0.3, 0.4) is 0 Å². The van der Waals surface area contributed by atoms with E-state index in [2.05, 4.69) is 32.5 Å².